The Bertz CT molecular complexity index is 417. The van der Waals surface area contributed by atoms with E-state index in [4.69, 9.17) is 4.74 Å². The number of likely N-dealkylation sites (N-methyl/N-ethyl adjacent to an activating group) is 1. The van der Waals surface area contributed by atoms with Crippen LogP contribution in [-0.4, -0.2) is 37.4 Å². The highest BCUT2D eigenvalue weighted by atomic mass is 16.5. The molecule has 1 aromatic rings. The number of Topliss-reactive ketones (excluding diaryl/α,β-unsaturated/α-hetero) is 1. The highest BCUT2D eigenvalue weighted by molar-refractivity contribution is 6.03. The maximum absolute atomic E-state index is 12.7. The molecule has 3 heteroatoms. The number of ketones is 1. The zero-order valence-corrected chi connectivity index (χ0v) is 11.4. The predicted molar refractivity (Wildman–Crippen MR) is 72.2 cm³/mol. The van der Waals surface area contributed by atoms with E-state index in [1.54, 1.807) is 7.11 Å². The van der Waals surface area contributed by atoms with E-state index in [1.165, 1.54) is 0 Å². The Kier molecular flexibility index (Phi) is 3.71. The second kappa shape index (κ2) is 5.11. The Morgan fingerprint density at radius 3 is 2.17 bits per heavy atom. The summed E-state index contributed by atoms with van der Waals surface area (Å²) in [5.41, 5.74) is 0.487. The van der Waals surface area contributed by atoms with Gasteiger partial charge in [0.15, 0.2) is 5.78 Å². The van der Waals surface area contributed by atoms with Gasteiger partial charge in [-0.2, -0.15) is 0 Å². The summed E-state index contributed by atoms with van der Waals surface area (Å²) in [4.78, 5) is 14.8. The van der Waals surface area contributed by atoms with Crippen molar-refractivity contribution < 1.29 is 9.53 Å². The minimum Gasteiger partial charge on any atom is -0.497 e. The third-order valence-electron chi connectivity index (χ3n) is 4.06. The molecule has 3 nitrogen and oxygen atoms in total. The summed E-state index contributed by atoms with van der Waals surface area (Å²) < 4.78 is 5.13. The van der Waals surface area contributed by atoms with Crippen LogP contribution in [0.15, 0.2) is 24.3 Å². The van der Waals surface area contributed by atoms with Crippen LogP contribution in [0.4, 0.5) is 0 Å². The van der Waals surface area contributed by atoms with Gasteiger partial charge in [0.25, 0.3) is 0 Å². The summed E-state index contributed by atoms with van der Waals surface area (Å²) in [6.45, 7) is 0. The maximum Gasteiger partial charge on any atom is 0.183 e. The van der Waals surface area contributed by atoms with Crippen molar-refractivity contribution in [2.45, 2.75) is 31.2 Å². The Hall–Kier alpha value is -1.35. The molecular formula is C15H21NO2. The molecule has 0 unspecified atom stereocenters. The monoisotopic (exact) mass is 247 g/mol. The molecule has 0 bridgehead atoms. The van der Waals surface area contributed by atoms with Crippen LogP contribution in [0.2, 0.25) is 0 Å². The summed E-state index contributed by atoms with van der Waals surface area (Å²) in [7, 11) is 5.65. The van der Waals surface area contributed by atoms with Gasteiger partial charge in [0.05, 0.1) is 12.6 Å². The number of rotatable bonds is 4. The van der Waals surface area contributed by atoms with Crippen LogP contribution < -0.4 is 4.74 Å². The van der Waals surface area contributed by atoms with E-state index in [0.29, 0.717) is 0 Å². The number of nitrogens with zero attached hydrogens (tertiary/aromatic N) is 1. The van der Waals surface area contributed by atoms with Crippen molar-refractivity contribution in [2.75, 3.05) is 21.2 Å². The number of hydrogen-bond donors (Lipinski definition) is 0. The molecule has 1 saturated carbocycles. The zero-order valence-electron chi connectivity index (χ0n) is 11.4. The van der Waals surface area contributed by atoms with Crippen molar-refractivity contribution in [1.29, 1.82) is 0 Å². The topological polar surface area (TPSA) is 29.5 Å². The number of carbonyl (C=O) groups is 1. The van der Waals surface area contributed by atoms with Crippen molar-refractivity contribution in [3.63, 3.8) is 0 Å². The molecule has 1 fully saturated rings. The largest absolute Gasteiger partial charge is 0.497 e. The molecule has 0 spiro atoms. The fraction of sp³-hybridized carbons (Fsp3) is 0.533. The van der Waals surface area contributed by atoms with Crippen LogP contribution in [0.1, 0.15) is 36.0 Å². The summed E-state index contributed by atoms with van der Waals surface area (Å²) in [5, 5.41) is 0. The highest BCUT2D eigenvalue weighted by Crippen LogP contribution is 2.36. The second-order valence-electron chi connectivity index (χ2n) is 5.19. The average Bonchev–Trinajstić information content (AvgIpc) is 2.88. The molecular weight excluding hydrogens is 226 g/mol. The van der Waals surface area contributed by atoms with Crippen molar-refractivity contribution >= 4 is 5.78 Å². The molecule has 0 heterocycles. The van der Waals surface area contributed by atoms with Crippen molar-refractivity contribution in [3.8, 4) is 5.75 Å². The first-order chi connectivity index (χ1) is 8.60. The lowest BCUT2D eigenvalue weighted by Crippen LogP contribution is -2.48. The second-order valence-corrected chi connectivity index (χ2v) is 5.19. The van der Waals surface area contributed by atoms with Gasteiger partial charge in [-0.15, -0.1) is 0 Å². The van der Waals surface area contributed by atoms with Gasteiger partial charge in [-0.25, -0.2) is 0 Å². The summed E-state index contributed by atoms with van der Waals surface area (Å²) in [6, 6.07) is 7.44. The number of methoxy groups -OCH3 is 1. The molecule has 1 aliphatic carbocycles. The van der Waals surface area contributed by atoms with Gasteiger partial charge >= 0.3 is 0 Å². The van der Waals surface area contributed by atoms with Crippen LogP contribution in [0, 0.1) is 0 Å². The van der Waals surface area contributed by atoms with E-state index >= 15 is 0 Å². The quantitative estimate of drug-likeness (QED) is 0.766. The van der Waals surface area contributed by atoms with Crippen LogP contribution in [0.3, 0.4) is 0 Å². The van der Waals surface area contributed by atoms with E-state index in [-0.39, 0.29) is 11.3 Å². The normalized spacial score (nSPS) is 18.0. The number of hydrogen-bond acceptors (Lipinski definition) is 3. The van der Waals surface area contributed by atoms with Gasteiger partial charge < -0.3 is 4.74 Å². The Labute approximate surface area is 109 Å². The minimum absolute atomic E-state index is 0.243. The maximum atomic E-state index is 12.7. The molecule has 0 radical (unpaired) electrons. The molecule has 0 N–H and O–H groups in total. The van der Waals surface area contributed by atoms with Gasteiger partial charge in [0.1, 0.15) is 5.75 Å². The summed E-state index contributed by atoms with van der Waals surface area (Å²) >= 11 is 0. The molecule has 98 valence electrons. The van der Waals surface area contributed by atoms with Crippen LogP contribution in [-0.2, 0) is 0 Å². The van der Waals surface area contributed by atoms with E-state index in [0.717, 1.165) is 37.0 Å². The number of ether oxygens (including phenoxy) is 1. The molecule has 2 rings (SSSR count). The first-order valence-corrected chi connectivity index (χ1v) is 6.46. The van der Waals surface area contributed by atoms with Gasteiger partial charge in [-0.05, 0) is 51.2 Å². The van der Waals surface area contributed by atoms with E-state index in [9.17, 15) is 4.79 Å². The Balaban J connectivity index is 2.28. The minimum atomic E-state index is -0.297. The third-order valence-corrected chi connectivity index (χ3v) is 4.06. The summed E-state index contributed by atoms with van der Waals surface area (Å²) in [6.07, 6.45) is 4.20. The van der Waals surface area contributed by atoms with Gasteiger partial charge in [0.2, 0.25) is 0 Å². The zero-order chi connectivity index (χ0) is 13.2. The molecule has 0 atom stereocenters. The third kappa shape index (κ3) is 2.15. The molecule has 0 amide bonds. The standard InChI is InChI=1S/C15H21NO2/c1-16(2)15(10-4-5-11-15)14(17)12-6-8-13(18-3)9-7-12/h6-9H,4-5,10-11H2,1-3H3. The fourth-order valence-corrected chi connectivity index (χ4v) is 2.85. The van der Waals surface area contributed by atoms with Gasteiger partial charge in [0, 0.05) is 5.56 Å². The van der Waals surface area contributed by atoms with Crippen LogP contribution >= 0.6 is 0 Å². The Morgan fingerprint density at radius 1 is 1.17 bits per heavy atom. The van der Waals surface area contributed by atoms with Crippen molar-refractivity contribution in [1.82, 2.24) is 4.90 Å². The predicted octanol–water partition coefficient (Wildman–Crippen LogP) is 2.75. The first-order valence-electron chi connectivity index (χ1n) is 6.46. The van der Waals surface area contributed by atoms with E-state index in [1.807, 2.05) is 38.4 Å². The van der Waals surface area contributed by atoms with Gasteiger partial charge in [-0.1, -0.05) is 12.8 Å². The van der Waals surface area contributed by atoms with Crippen molar-refractivity contribution in [3.05, 3.63) is 29.8 Å². The van der Waals surface area contributed by atoms with E-state index < -0.39 is 0 Å². The molecule has 1 aromatic carbocycles. The first kappa shape index (κ1) is 13.1. The molecule has 18 heavy (non-hydrogen) atoms. The van der Waals surface area contributed by atoms with Gasteiger partial charge in [-0.3, -0.25) is 9.69 Å². The highest BCUT2D eigenvalue weighted by Gasteiger charge is 2.43. The Morgan fingerprint density at radius 2 is 1.72 bits per heavy atom. The lowest BCUT2D eigenvalue weighted by molar-refractivity contribution is 0.0693. The lowest BCUT2D eigenvalue weighted by Gasteiger charge is -2.34. The SMILES string of the molecule is COc1ccc(C(=O)C2(N(C)C)CCCC2)cc1. The number of benzene rings is 1. The molecule has 1 aliphatic rings. The van der Waals surface area contributed by atoms with Crippen LogP contribution in [0.25, 0.3) is 0 Å². The number of carbonyl (C=O) groups excluding carboxylic acids is 1. The summed E-state index contributed by atoms with van der Waals surface area (Å²) in [5.74, 6) is 1.03. The average molecular weight is 247 g/mol. The lowest BCUT2D eigenvalue weighted by atomic mass is 9.86. The van der Waals surface area contributed by atoms with E-state index in [2.05, 4.69) is 4.90 Å². The van der Waals surface area contributed by atoms with Crippen LogP contribution in [0.5, 0.6) is 5.75 Å². The smallest absolute Gasteiger partial charge is 0.183 e. The molecule has 0 saturated heterocycles. The fourth-order valence-electron chi connectivity index (χ4n) is 2.85. The molecule has 0 aliphatic heterocycles. The van der Waals surface area contributed by atoms with Crippen molar-refractivity contribution in [2.24, 2.45) is 0 Å². The molecule has 0 aromatic heterocycles.